The first-order chi connectivity index (χ1) is 22.6. The molecule has 0 atom stereocenters. The van der Waals surface area contributed by atoms with Gasteiger partial charge in [-0.05, 0) is 79.2 Å². The van der Waals surface area contributed by atoms with Crippen molar-refractivity contribution in [2.24, 2.45) is 5.92 Å². The zero-order chi connectivity index (χ0) is 33.1. The van der Waals surface area contributed by atoms with Crippen molar-refractivity contribution in [1.82, 2.24) is 15.0 Å². The van der Waals surface area contributed by atoms with E-state index < -0.39 is 8.07 Å². The summed E-state index contributed by atoms with van der Waals surface area (Å²) in [5, 5.41) is 3.65. The van der Waals surface area contributed by atoms with Gasteiger partial charge in [0, 0.05) is 43.6 Å². The van der Waals surface area contributed by atoms with Gasteiger partial charge in [0.1, 0.15) is 0 Å². The van der Waals surface area contributed by atoms with Crippen molar-refractivity contribution >= 4 is 35.3 Å². The second-order valence-electron chi connectivity index (χ2n) is 14.6. The van der Waals surface area contributed by atoms with Crippen LogP contribution in [-0.4, -0.2) is 23.0 Å². The Morgan fingerprint density at radius 3 is 2.31 bits per heavy atom. The summed E-state index contributed by atoms with van der Waals surface area (Å²) >= 11 is 0. The molecule has 4 nitrogen and oxygen atoms in total. The maximum Gasteiger partial charge on any atom is 0.216 e. The quantitative estimate of drug-likeness (QED) is 0.124. The zero-order valence-corrected chi connectivity index (χ0v) is 32.8. The van der Waals surface area contributed by atoms with Crippen molar-refractivity contribution in [1.29, 1.82) is 0 Å². The Kier molecular flexibility index (Phi) is 11.5. The van der Waals surface area contributed by atoms with E-state index >= 15 is 0 Å². The van der Waals surface area contributed by atoms with Gasteiger partial charge in [0.05, 0.1) is 13.7 Å². The van der Waals surface area contributed by atoms with Crippen LogP contribution in [0.3, 0.4) is 0 Å². The van der Waals surface area contributed by atoms with Crippen LogP contribution in [0, 0.1) is 31.9 Å². The van der Waals surface area contributed by atoms with Crippen molar-refractivity contribution in [2.45, 2.75) is 91.8 Å². The van der Waals surface area contributed by atoms with Crippen molar-refractivity contribution in [2.75, 3.05) is 0 Å². The third kappa shape index (κ3) is 8.22. The Morgan fingerprint density at radius 2 is 1.60 bits per heavy atom. The van der Waals surface area contributed by atoms with Crippen LogP contribution in [0.5, 0.6) is 0 Å². The second kappa shape index (κ2) is 15.4. The summed E-state index contributed by atoms with van der Waals surface area (Å²) in [5.41, 5.74) is 10.8. The number of pyridine rings is 3. The zero-order valence-electron chi connectivity index (χ0n) is 29.4. The van der Waals surface area contributed by atoms with Gasteiger partial charge >= 0.3 is 0 Å². The average molecular weight is 830 g/mol. The standard InChI is InChI=1S/C22H21N2O.C20H26NSi.Ir/c1-13(2)9-17-11-20(23-12-14(17)3)16-6-8-21-19(10-16)18-7-5-15(4)24-22(18)25-21;1-22(2,3)20-15-21-19(17-12-8-5-9-13-17)14-18(20)16-10-6-4-7-11-16;/h5,7-8,10-13H,9H2,1-4H3;5,8-9,12,14-16H,4,6-7,10-11H2,1-3H3;/q2*-1;. The maximum atomic E-state index is 5.86. The molecule has 1 aliphatic rings. The molecule has 1 aliphatic carbocycles. The minimum Gasteiger partial charge on any atom is -0.486 e. The largest absolute Gasteiger partial charge is 0.486 e. The van der Waals surface area contributed by atoms with Crippen molar-refractivity contribution < 1.29 is 24.5 Å². The van der Waals surface area contributed by atoms with E-state index in [2.05, 4.69) is 105 Å². The van der Waals surface area contributed by atoms with E-state index in [1.54, 1.807) is 10.8 Å². The fourth-order valence-corrected chi connectivity index (χ4v) is 8.36. The van der Waals surface area contributed by atoms with Crippen LogP contribution in [0.4, 0.5) is 0 Å². The molecule has 4 heterocycles. The monoisotopic (exact) mass is 830 g/mol. The number of furan rings is 1. The van der Waals surface area contributed by atoms with E-state index in [-0.39, 0.29) is 20.1 Å². The number of hydrogen-bond donors (Lipinski definition) is 0. The molecule has 251 valence electrons. The Morgan fingerprint density at radius 1 is 0.854 bits per heavy atom. The van der Waals surface area contributed by atoms with Crippen LogP contribution in [0.1, 0.15) is 74.3 Å². The number of rotatable bonds is 6. The summed E-state index contributed by atoms with van der Waals surface area (Å²) in [6.07, 6.45) is 12.1. The van der Waals surface area contributed by atoms with E-state index in [4.69, 9.17) is 9.40 Å². The normalized spacial score (nSPS) is 13.8. The van der Waals surface area contributed by atoms with Gasteiger partial charge in [0.15, 0.2) is 0 Å². The number of aryl methyl sites for hydroxylation is 2. The van der Waals surface area contributed by atoms with Gasteiger partial charge in [0.2, 0.25) is 5.71 Å². The van der Waals surface area contributed by atoms with Gasteiger partial charge < -0.3 is 14.4 Å². The molecule has 0 aliphatic heterocycles. The molecule has 1 saturated carbocycles. The molecule has 6 aromatic rings. The molecule has 1 radical (unpaired) electrons. The van der Waals surface area contributed by atoms with Crippen molar-refractivity contribution in [3.05, 3.63) is 108 Å². The van der Waals surface area contributed by atoms with E-state index in [9.17, 15) is 0 Å². The predicted octanol–water partition coefficient (Wildman–Crippen LogP) is 10.8. The molecule has 7 rings (SSSR count). The fourth-order valence-electron chi connectivity index (χ4n) is 6.76. The molecule has 0 amide bonds. The third-order valence-corrected chi connectivity index (χ3v) is 11.3. The molecule has 0 saturated heterocycles. The van der Waals surface area contributed by atoms with Gasteiger partial charge in [-0.2, -0.15) is 0 Å². The summed E-state index contributed by atoms with van der Waals surface area (Å²) in [6, 6.07) is 27.5. The molecular weight excluding hydrogens is 783 g/mol. The second-order valence-corrected chi connectivity index (χ2v) is 19.7. The minimum atomic E-state index is -1.36. The Labute approximate surface area is 301 Å². The molecule has 0 N–H and O–H groups in total. The summed E-state index contributed by atoms with van der Waals surface area (Å²) in [6.45, 7) is 15.9. The van der Waals surface area contributed by atoms with E-state index in [1.807, 2.05) is 37.4 Å². The Balaban J connectivity index is 0.000000186. The number of benzene rings is 2. The van der Waals surface area contributed by atoms with Crippen LogP contribution in [-0.2, 0) is 26.5 Å². The maximum absolute atomic E-state index is 5.86. The molecule has 0 unspecified atom stereocenters. The van der Waals surface area contributed by atoms with E-state index in [0.717, 1.165) is 56.9 Å². The van der Waals surface area contributed by atoms with Gasteiger partial charge in [0.25, 0.3) is 0 Å². The molecule has 48 heavy (non-hydrogen) atoms. The van der Waals surface area contributed by atoms with Gasteiger partial charge in [-0.15, -0.1) is 59.7 Å². The smallest absolute Gasteiger partial charge is 0.216 e. The summed E-state index contributed by atoms with van der Waals surface area (Å²) in [7, 11) is -1.36. The summed E-state index contributed by atoms with van der Waals surface area (Å²) in [4.78, 5) is 13.9. The fraction of sp³-hybridized carbons (Fsp3) is 0.357. The van der Waals surface area contributed by atoms with E-state index in [1.165, 1.54) is 43.2 Å². The van der Waals surface area contributed by atoms with Crippen molar-refractivity contribution in [3.63, 3.8) is 0 Å². The van der Waals surface area contributed by atoms with Crippen LogP contribution in [0.15, 0.2) is 77.5 Å². The molecule has 4 aromatic heterocycles. The number of hydrogen-bond acceptors (Lipinski definition) is 4. The SMILES string of the molecule is C[Si](C)(C)c1cnc(-c2[c-]cccc2)cc1C1CCCCC1.Cc1ccc2c(n1)oc1c[c-]c(-c3cc(CC(C)C)c(C)cn3)cc12.[Ir]. The number of fused-ring (bicyclic) bond motifs is 3. The van der Waals surface area contributed by atoms with Gasteiger partial charge in [-0.25, -0.2) is 4.98 Å². The molecule has 6 heteroatoms. The number of nitrogens with zero attached hydrogens (tertiary/aromatic N) is 3. The van der Waals surface area contributed by atoms with Crippen molar-refractivity contribution in [3.8, 4) is 22.5 Å². The van der Waals surface area contributed by atoms with Gasteiger partial charge in [-0.1, -0.05) is 81.4 Å². The van der Waals surface area contributed by atoms with Crippen LogP contribution in [0.2, 0.25) is 19.6 Å². The topological polar surface area (TPSA) is 51.8 Å². The Bertz CT molecular complexity index is 1990. The van der Waals surface area contributed by atoms with Crippen LogP contribution >= 0.6 is 0 Å². The molecule has 0 spiro atoms. The Hall–Kier alpha value is -3.44. The first-order valence-electron chi connectivity index (χ1n) is 17.2. The third-order valence-electron chi connectivity index (χ3n) is 9.30. The van der Waals surface area contributed by atoms with Crippen LogP contribution < -0.4 is 5.19 Å². The first-order valence-corrected chi connectivity index (χ1v) is 20.7. The van der Waals surface area contributed by atoms with E-state index in [0.29, 0.717) is 11.6 Å². The summed E-state index contributed by atoms with van der Waals surface area (Å²) < 4.78 is 5.86. The first kappa shape index (κ1) is 35.9. The molecular formula is C42H47IrN3OSi-2. The molecule has 1 fully saturated rings. The van der Waals surface area contributed by atoms with Gasteiger partial charge in [-0.3, -0.25) is 0 Å². The molecule has 2 aromatic carbocycles. The average Bonchev–Trinajstić information content (AvgIpc) is 3.43. The number of aromatic nitrogens is 3. The molecule has 0 bridgehead atoms. The van der Waals surface area contributed by atoms with Crippen LogP contribution in [0.25, 0.3) is 44.6 Å². The predicted molar refractivity (Wildman–Crippen MR) is 199 cm³/mol. The summed E-state index contributed by atoms with van der Waals surface area (Å²) in [5.74, 6) is 1.36. The minimum absolute atomic E-state index is 0.